The highest BCUT2D eigenvalue weighted by Gasteiger charge is 2.36. The highest BCUT2D eigenvalue weighted by Crippen LogP contribution is 2.41. The largest absolute Gasteiger partial charge is 0.353 e. The van der Waals surface area contributed by atoms with Gasteiger partial charge in [0.25, 0.3) is 0 Å². The zero-order valence-electron chi connectivity index (χ0n) is 18.0. The minimum absolute atomic E-state index is 0.149. The van der Waals surface area contributed by atoms with Crippen LogP contribution in [0.3, 0.4) is 0 Å². The quantitative estimate of drug-likeness (QED) is 0.404. The van der Waals surface area contributed by atoms with Crippen LogP contribution in [0.25, 0.3) is 0 Å². The molecule has 25 heavy (non-hydrogen) atoms. The number of carbonyl (C=O) groups is 1. The molecule has 0 saturated carbocycles. The summed E-state index contributed by atoms with van der Waals surface area (Å²) in [7, 11) is 0. The van der Waals surface area contributed by atoms with E-state index in [1.54, 1.807) is 0 Å². The van der Waals surface area contributed by atoms with Gasteiger partial charge in [-0.3, -0.25) is 4.79 Å². The topological polar surface area (TPSA) is 29.1 Å². The van der Waals surface area contributed by atoms with Gasteiger partial charge in [-0.2, -0.15) is 0 Å². The van der Waals surface area contributed by atoms with Crippen molar-refractivity contribution in [3.63, 3.8) is 0 Å². The molecule has 0 aliphatic carbocycles. The lowest BCUT2D eigenvalue weighted by atomic mass is 9.72. The summed E-state index contributed by atoms with van der Waals surface area (Å²) in [4.78, 5) is 12.4. The van der Waals surface area contributed by atoms with Gasteiger partial charge < -0.3 is 5.32 Å². The normalized spacial score (nSPS) is 25.9. The van der Waals surface area contributed by atoms with Crippen LogP contribution in [0.5, 0.6) is 0 Å². The molecule has 3 unspecified atom stereocenters. The average Bonchev–Trinajstić information content (AvgIpc) is 2.60. The third-order valence-corrected chi connectivity index (χ3v) is 6.21. The first-order valence-corrected chi connectivity index (χ1v) is 11.0. The first-order chi connectivity index (χ1) is 11.7. The Morgan fingerprint density at radius 2 is 1.60 bits per heavy atom. The Hall–Kier alpha value is -0.530. The van der Waals surface area contributed by atoms with Crippen molar-refractivity contribution in [2.24, 2.45) is 16.7 Å². The molecule has 1 amide bonds. The molecule has 0 bridgehead atoms. The standard InChI is InChI=1S/C23H45NO/c1-7-9-11-12-13-15-23(6,14-10-8-2)18-20-17-22(4,5)16-19(3)21(25)24-20/h19-20H,7-18H2,1-6H3,(H,24,25). The van der Waals surface area contributed by atoms with Gasteiger partial charge in [-0.25, -0.2) is 0 Å². The molecule has 0 aromatic heterocycles. The van der Waals surface area contributed by atoms with E-state index in [-0.39, 0.29) is 17.2 Å². The number of amides is 1. The van der Waals surface area contributed by atoms with Gasteiger partial charge in [0, 0.05) is 12.0 Å². The molecule has 2 heteroatoms. The molecular weight excluding hydrogens is 306 g/mol. The monoisotopic (exact) mass is 351 g/mol. The Morgan fingerprint density at radius 3 is 2.24 bits per heavy atom. The van der Waals surface area contributed by atoms with Crippen molar-refractivity contribution in [2.75, 3.05) is 0 Å². The number of carbonyl (C=O) groups excluding carboxylic acids is 1. The molecule has 1 aliphatic heterocycles. The Labute approximate surface area is 157 Å². The highest BCUT2D eigenvalue weighted by atomic mass is 16.1. The average molecular weight is 352 g/mol. The number of rotatable bonds is 11. The van der Waals surface area contributed by atoms with Crippen LogP contribution in [-0.2, 0) is 4.79 Å². The van der Waals surface area contributed by atoms with Gasteiger partial charge in [-0.1, -0.05) is 86.5 Å². The summed E-state index contributed by atoms with van der Waals surface area (Å²) >= 11 is 0. The van der Waals surface area contributed by atoms with Crippen LogP contribution < -0.4 is 5.32 Å². The molecule has 0 radical (unpaired) electrons. The van der Waals surface area contributed by atoms with Gasteiger partial charge in [0.05, 0.1) is 0 Å². The maximum Gasteiger partial charge on any atom is 0.223 e. The second-order valence-corrected chi connectivity index (χ2v) is 9.96. The van der Waals surface area contributed by atoms with Crippen LogP contribution in [0.1, 0.15) is 119 Å². The molecule has 0 spiro atoms. The van der Waals surface area contributed by atoms with E-state index >= 15 is 0 Å². The number of hydrogen-bond acceptors (Lipinski definition) is 1. The van der Waals surface area contributed by atoms with E-state index in [2.05, 4.69) is 46.9 Å². The summed E-state index contributed by atoms with van der Waals surface area (Å²) in [5.74, 6) is 0.423. The summed E-state index contributed by atoms with van der Waals surface area (Å²) in [6.07, 6.45) is 15.3. The fourth-order valence-corrected chi connectivity index (χ4v) is 4.87. The van der Waals surface area contributed by atoms with E-state index in [1.165, 1.54) is 57.8 Å². The van der Waals surface area contributed by atoms with Crippen molar-refractivity contribution in [1.82, 2.24) is 5.32 Å². The van der Waals surface area contributed by atoms with E-state index < -0.39 is 0 Å². The van der Waals surface area contributed by atoms with E-state index in [0.29, 0.717) is 11.5 Å². The zero-order chi connectivity index (χ0) is 18.9. The fraction of sp³-hybridized carbons (Fsp3) is 0.957. The predicted molar refractivity (Wildman–Crippen MR) is 110 cm³/mol. The second-order valence-electron chi connectivity index (χ2n) is 9.96. The Balaban J connectivity index is 2.69. The Bertz CT molecular complexity index is 390. The molecule has 2 nitrogen and oxygen atoms in total. The summed E-state index contributed by atoms with van der Waals surface area (Å²) in [5, 5.41) is 3.39. The molecule has 1 rings (SSSR count). The lowest BCUT2D eigenvalue weighted by Crippen LogP contribution is -2.39. The van der Waals surface area contributed by atoms with Gasteiger partial charge in [0.15, 0.2) is 0 Å². The minimum atomic E-state index is 0.149. The first-order valence-electron chi connectivity index (χ1n) is 11.0. The van der Waals surface area contributed by atoms with E-state index in [0.717, 1.165) is 19.3 Å². The van der Waals surface area contributed by atoms with E-state index in [1.807, 2.05) is 0 Å². The SMILES string of the molecule is CCCCCCCC(C)(CCCC)CC1CC(C)(C)CC(C)C(=O)N1. The third-order valence-electron chi connectivity index (χ3n) is 6.21. The third kappa shape index (κ3) is 8.60. The molecule has 1 aliphatic rings. The molecule has 148 valence electrons. The molecular formula is C23H45NO. The van der Waals surface area contributed by atoms with Crippen molar-refractivity contribution in [3.05, 3.63) is 0 Å². The van der Waals surface area contributed by atoms with Crippen molar-refractivity contribution >= 4 is 5.91 Å². The van der Waals surface area contributed by atoms with Crippen LogP contribution in [0.4, 0.5) is 0 Å². The summed E-state index contributed by atoms with van der Waals surface area (Å²) < 4.78 is 0. The minimum Gasteiger partial charge on any atom is -0.353 e. The van der Waals surface area contributed by atoms with Gasteiger partial charge in [-0.05, 0) is 42.9 Å². The molecule has 1 N–H and O–H groups in total. The lowest BCUT2D eigenvalue weighted by Gasteiger charge is -2.36. The molecule has 0 aromatic rings. The van der Waals surface area contributed by atoms with Crippen LogP contribution in [0.2, 0.25) is 0 Å². The van der Waals surface area contributed by atoms with E-state index in [4.69, 9.17) is 0 Å². The Kier molecular flexibility index (Phi) is 9.52. The maximum atomic E-state index is 12.4. The van der Waals surface area contributed by atoms with Gasteiger partial charge >= 0.3 is 0 Å². The van der Waals surface area contributed by atoms with Gasteiger partial charge in [0.2, 0.25) is 5.91 Å². The number of hydrogen-bond donors (Lipinski definition) is 1. The maximum absolute atomic E-state index is 12.4. The molecule has 0 aromatic carbocycles. The number of nitrogens with one attached hydrogen (secondary N) is 1. The smallest absolute Gasteiger partial charge is 0.223 e. The molecule has 1 fully saturated rings. The van der Waals surface area contributed by atoms with Crippen LogP contribution in [-0.4, -0.2) is 11.9 Å². The number of unbranched alkanes of at least 4 members (excludes halogenated alkanes) is 5. The van der Waals surface area contributed by atoms with Crippen LogP contribution in [0.15, 0.2) is 0 Å². The fourth-order valence-electron chi connectivity index (χ4n) is 4.87. The summed E-state index contributed by atoms with van der Waals surface area (Å²) in [6, 6.07) is 0.352. The van der Waals surface area contributed by atoms with Crippen LogP contribution >= 0.6 is 0 Å². The van der Waals surface area contributed by atoms with Crippen LogP contribution in [0, 0.1) is 16.7 Å². The zero-order valence-corrected chi connectivity index (χ0v) is 18.0. The van der Waals surface area contributed by atoms with E-state index in [9.17, 15) is 4.79 Å². The lowest BCUT2D eigenvalue weighted by molar-refractivity contribution is -0.125. The van der Waals surface area contributed by atoms with Gasteiger partial charge in [0.1, 0.15) is 0 Å². The molecule has 3 atom stereocenters. The molecule has 1 saturated heterocycles. The first kappa shape index (κ1) is 22.5. The summed E-state index contributed by atoms with van der Waals surface area (Å²) in [5.41, 5.74) is 0.639. The van der Waals surface area contributed by atoms with Gasteiger partial charge in [-0.15, -0.1) is 0 Å². The predicted octanol–water partition coefficient (Wildman–Crippen LogP) is 6.87. The van der Waals surface area contributed by atoms with Crippen molar-refractivity contribution < 1.29 is 4.79 Å². The van der Waals surface area contributed by atoms with Crippen molar-refractivity contribution in [3.8, 4) is 0 Å². The Morgan fingerprint density at radius 1 is 1.00 bits per heavy atom. The highest BCUT2D eigenvalue weighted by molar-refractivity contribution is 5.79. The van der Waals surface area contributed by atoms with Crippen molar-refractivity contribution in [2.45, 2.75) is 125 Å². The second kappa shape index (κ2) is 10.6. The molecule has 1 heterocycles. The summed E-state index contributed by atoms with van der Waals surface area (Å²) in [6.45, 7) is 13.8. The van der Waals surface area contributed by atoms with Crippen molar-refractivity contribution in [1.29, 1.82) is 0 Å².